The highest BCUT2D eigenvalue weighted by Gasteiger charge is 2.10. The molecule has 2 rings (SSSR count). The number of hydrogen-bond acceptors (Lipinski definition) is 3. The Bertz CT molecular complexity index is 690. The minimum Gasteiger partial charge on any atom is -0.315 e. The van der Waals surface area contributed by atoms with E-state index in [1.165, 1.54) is 12.1 Å². The van der Waals surface area contributed by atoms with E-state index < -0.39 is 17.1 Å². The summed E-state index contributed by atoms with van der Waals surface area (Å²) < 4.78 is 14.1. The number of fused-ring (bicyclic) bond motifs is 1. The fourth-order valence-corrected chi connectivity index (χ4v) is 1.76. The van der Waals surface area contributed by atoms with E-state index in [2.05, 4.69) is 10.3 Å². The average molecular weight is 251 g/mol. The molecule has 96 valence electrons. The zero-order valence-corrected chi connectivity index (χ0v) is 10.2. The molecule has 0 aliphatic rings. The first kappa shape index (κ1) is 12.5. The molecule has 1 aromatic heterocycles. The van der Waals surface area contributed by atoms with Gasteiger partial charge in [-0.2, -0.15) is 0 Å². The summed E-state index contributed by atoms with van der Waals surface area (Å²) in [6.45, 7) is 2.12. The Morgan fingerprint density at radius 3 is 2.83 bits per heavy atom. The molecule has 0 bridgehead atoms. The van der Waals surface area contributed by atoms with Crippen molar-refractivity contribution < 1.29 is 4.39 Å². The van der Waals surface area contributed by atoms with E-state index in [1.54, 1.807) is 7.05 Å². The van der Waals surface area contributed by atoms with Crippen molar-refractivity contribution in [2.75, 3.05) is 7.05 Å². The number of H-pyrrole nitrogens is 1. The van der Waals surface area contributed by atoms with Gasteiger partial charge in [-0.15, -0.1) is 0 Å². The zero-order chi connectivity index (χ0) is 13.3. The number of benzene rings is 1. The molecule has 1 unspecified atom stereocenters. The zero-order valence-electron chi connectivity index (χ0n) is 10.2. The van der Waals surface area contributed by atoms with Crippen molar-refractivity contribution in [3.05, 3.63) is 44.9 Å². The van der Waals surface area contributed by atoms with Crippen molar-refractivity contribution in [2.24, 2.45) is 0 Å². The second-order valence-corrected chi connectivity index (χ2v) is 4.23. The third-order valence-corrected chi connectivity index (χ3v) is 2.89. The number of halogens is 1. The van der Waals surface area contributed by atoms with E-state index in [1.807, 2.05) is 6.92 Å². The first-order valence-corrected chi connectivity index (χ1v) is 5.62. The summed E-state index contributed by atoms with van der Waals surface area (Å²) in [7, 11) is 1.75. The second-order valence-electron chi connectivity index (χ2n) is 4.23. The van der Waals surface area contributed by atoms with Gasteiger partial charge in [0.05, 0.1) is 10.9 Å². The predicted molar refractivity (Wildman–Crippen MR) is 67.3 cm³/mol. The first-order chi connectivity index (χ1) is 8.52. The van der Waals surface area contributed by atoms with Gasteiger partial charge in [0.15, 0.2) is 0 Å². The molecule has 0 aliphatic heterocycles. The van der Waals surface area contributed by atoms with Crippen molar-refractivity contribution in [3.8, 4) is 0 Å². The largest absolute Gasteiger partial charge is 0.328 e. The molecular formula is C12H14FN3O2. The second kappa shape index (κ2) is 4.73. The molecule has 2 aromatic rings. The molecule has 1 atom stereocenters. The highest BCUT2D eigenvalue weighted by molar-refractivity contribution is 5.77. The molecule has 6 heteroatoms. The smallest absolute Gasteiger partial charge is 0.315 e. The molecular weight excluding hydrogens is 237 g/mol. The maximum Gasteiger partial charge on any atom is 0.328 e. The van der Waals surface area contributed by atoms with Crippen LogP contribution in [0.25, 0.3) is 10.9 Å². The lowest BCUT2D eigenvalue weighted by atomic mass is 10.2. The van der Waals surface area contributed by atoms with Crippen LogP contribution in [0.3, 0.4) is 0 Å². The molecule has 0 saturated heterocycles. The SMILES string of the molecule is CNC(C)Cn1c(=O)[nH]c2cc(F)ccc2c1=O. The van der Waals surface area contributed by atoms with Crippen LogP contribution in [0.15, 0.2) is 27.8 Å². The van der Waals surface area contributed by atoms with Crippen LogP contribution in [-0.2, 0) is 6.54 Å². The number of rotatable bonds is 3. The number of nitrogens with zero attached hydrogens (tertiary/aromatic N) is 1. The van der Waals surface area contributed by atoms with Crippen molar-refractivity contribution in [3.63, 3.8) is 0 Å². The number of nitrogens with one attached hydrogen (secondary N) is 2. The summed E-state index contributed by atoms with van der Waals surface area (Å²) in [5, 5.41) is 3.26. The van der Waals surface area contributed by atoms with Crippen molar-refractivity contribution >= 4 is 10.9 Å². The van der Waals surface area contributed by atoms with Gasteiger partial charge < -0.3 is 10.3 Å². The molecule has 0 radical (unpaired) electrons. The van der Waals surface area contributed by atoms with E-state index in [4.69, 9.17) is 0 Å². The van der Waals surface area contributed by atoms with Crippen LogP contribution in [0.2, 0.25) is 0 Å². The standard InChI is InChI=1S/C12H14FN3O2/c1-7(14-2)6-16-11(17)9-4-3-8(13)5-10(9)15-12(16)18/h3-5,7,14H,6H2,1-2H3,(H,15,18). The van der Waals surface area contributed by atoms with Gasteiger partial charge in [-0.3, -0.25) is 9.36 Å². The normalized spacial score (nSPS) is 12.8. The molecule has 0 spiro atoms. The molecule has 0 aliphatic carbocycles. The van der Waals surface area contributed by atoms with Gasteiger partial charge in [0, 0.05) is 12.6 Å². The van der Waals surface area contributed by atoms with Gasteiger partial charge in [-0.1, -0.05) is 0 Å². The van der Waals surface area contributed by atoms with Crippen molar-refractivity contribution in [1.82, 2.24) is 14.9 Å². The van der Waals surface area contributed by atoms with Gasteiger partial charge in [0.2, 0.25) is 0 Å². The Labute approximate surface area is 102 Å². The van der Waals surface area contributed by atoms with Crippen LogP contribution in [-0.4, -0.2) is 22.6 Å². The topological polar surface area (TPSA) is 66.9 Å². The Morgan fingerprint density at radius 1 is 1.44 bits per heavy atom. The summed E-state index contributed by atoms with van der Waals surface area (Å²) >= 11 is 0. The summed E-state index contributed by atoms with van der Waals surface area (Å²) in [6, 6.07) is 3.71. The first-order valence-electron chi connectivity index (χ1n) is 5.62. The average Bonchev–Trinajstić information content (AvgIpc) is 2.33. The summed E-state index contributed by atoms with van der Waals surface area (Å²) in [4.78, 5) is 26.4. The highest BCUT2D eigenvalue weighted by atomic mass is 19.1. The molecule has 2 N–H and O–H groups in total. The van der Waals surface area contributed by atoms with Crippen LogP contribution in [0, 0.1) is 5.82 Å². The molecule has 18 heavy (non-hydrogen) atoms. The summed E-state index contributed by atoms with van der Waals surface area (Å²) in [6.07, 6.45) is 0. The fourth-order valence-electron chi connectivity index (χ4n) is 1.76. The molecule has 1 heterocycles. The monoisotopic (exact) mass is 251 g/mol. The lowest BCUT2D eigenvalue weighted by molar-refractivity contribution is 0.492. The highest BCUT2D eigenvalue weighted by Crippen LogP contribution is 2.07. The molecule has 0 saturated carbocycles. The van der Waals surface area contributed by atoms with E-state index in [0.29, 0.717) is 5.39 Å². The van der Waals surface area contributed by atoms with Crippen LogP contribution in [0.1, 0.15) is 6.92 Å². The molecule has 0 fully saturated rings. The lowest BCUT2D eigenvalue weighted by Gasteiger charge is -2.12. The Hall–Kier alpha value is -1.95. The Kier molecular flexibility index (Phi) is 3.29. The van der Waals surface area contributed by atoms with E-state index in [9.17, 15) is 14.0 Å². The summed E-state index contributed by atoms with van der Waals surface area (Å²) in [5.74, 6) is -0.487. The molecule has 1 aromatic carbocycles. The Balaban J connectivity index is 2.66. The van der Waals surface area contributed by atoms with Gasteiger partial charge in [-0.25, -0.2) is 9.18 Å². The quantitative estimate of drug-likeness (QED) is 0.831. The number of aromatic nitrogens is 2. The van der Waals surface area contributed by atoms with Crippen molar-refractivity contribution in [2.45, 2.75) is 19.5 Å². The Morgan fingerprint density at radius 2 is 2.17 bits per heavy atom. The lowest BCUT2D eigenvalue weighted by Crippen LogP contribution is -2.40. The number of aromatic amines is 1. The minimum atomic E-state index is -0.528. The van der Waals surface area contributed by atoms with Gasteiger partial charge in [0.25, 0.3) is 5.56 Å². The minimum absolute atomic E-state index is 0.0123. The maximum atomic E-state index is 13.0. The molecule has 5 nitrogen and oxygen atoms in total. The molecule has 0 amide bonds. The van der Waals surface area contributed by atoms with Crippen molar-refractivity contribution in [1.29, 1.82) is 0 Å². The van der Waals surface area contributed by atoms with Gasteiger partial charge >= 0.3 is 5.69 Å². The third-order valence-electron chi connectivity index (χ3n) is 2.89. The van der Waals surface area contributed by atoms with E-state index in [-0.39, 0.29) is 18.1 Å². The summed E-state index contributed by atoms with van der Waals surface area (Å²) in [5.41, 5.74) is -0.714. The van der Waals surface area contributed by atoms with Crippen LogP contribution >= 0.6 is 0 Å². The van der Waals surface area contributed by atoms with Crippen LogP contribution in [0.5, 0.6) is 0 Å². The van der Waals surface area contributed by atoms with Crippen LogP contribution < -0.4 is 16.6 Å². The van der Waals surface area contributed by atoms with Crippen LogP contribution in [0.4, 0.5) is 4.39 Å². The van der Waals surface area contributed by atoms with E-state index >= 15 is 0 Å². The van der Waals surface area contributed by atoms with E-state index in [0.717, 1.165) is 10.6 Å². The van der Waals surface area contributed by atoms with Gasteiger partial charge in [-0.05, 0) is 32.2 Å². The third kappa shape index (κ3) is 2.19. The number of likely N-dealkylation sites (N-methyl/N-ethyl adjacent to an activating group) is 1. The number of hydrogen-bond donors (Lipinski definition) is 2. The van der Waals surface area contributed by atoms with Gasteiger partial charge in [0.1, 0.15) is 5.82 Å². The predicted octanol–water partition coefficient (Wildman–Crippen LogP) is 0.437. The maximum absolute atomic E-state index is 13.0. The fraction of sp³-hybridized carbons (Fsp3) is 0.333.